The minimum Gasteiger partial charge on any atom is -0.489 e. The fourth-order valence-electron chi connectivity index (χ4n) is 5.88. The maximum Gasteiger partial charge on any atom is 0.387 e. The lowest BCUT2D eigenvalue weighted by atomic mass is 9.95. The molecule has 3 aliphatic rings. The fourth-order valence-corrected chi connectivity index (χ4v) is 5.88. The van der Waals surface area contributed by atoms with Crippen LogP contribution in [-0.2, 0) is 16.1 Å². The predicted molar refractivity (Wildman–Crippen MR) is 150 cm³/mol. The number of likely N-dealkylation sites (tertiary alicyclic amines) is 1. The van der Waals surface area contributed by atoms with Gasteiger partial charge in [-0.3, -0.25) is 14.4 Å². The van der Waals surface area contributed by atoms with Crippen molar-refractivity contribution in [1.82, 2.24) is 20.1 Å². The Morgan fingerprint density at radius 3 is 2.55 bits per heavy atom. The van der Waals surface area contributed by atoms with Gasteiger partial charge in [-0.2, -0.15) is 8.78 Å². The molecule has 1 N–H and O–H groups in total. The van der Waals surface area contributed by atoms with Crippen LogP contribution in [-0.4, -0.2) is 71.4 Å². The van der Waals surface area contributed by atoms with Crippen molar-refractivity contribution in [2.45, 2.75) is 83.0 Å². The summed E-state index contributed by atoms with van der Waals surface area (Å²) < 4.78 is 36.4. The van der Waals surface area contributed by atoms with Crippen molar-refractivity contribution in [2.75, 3.05) is 20.2 Å². The van der Waals surface area contributed by atoms with E-state index in [1.165, 1.54) is 17.9 Å². The summed E-state index contributed by atoms with van der Waals surface area (Å²) in [5.41, 5.74) is 1.66. The van der Waals surface area contributed by atoms with E-state index in [-0.39, 0.29) is 47.7 Å². The van der Waals surface area contributed by atoms with E-state index in [9.17, 15) is 23.2 Å². The van der Waals surface area contributed by atoms with Gasteiger partial charge in [0.15, 0.2) is 11.5 Å². The third-order valence-corrected chi connectivity index (χ3v) is 8.50. The van der Waals surface area contributed by atoms with Crippen molar-refractivity contribution in [3.63, 3.8) is 0 Å². The molecule has 42 heavy (non-hydrogen) atoms. The minimum atomic E-state index is -2.98. The number of pyridine rings is 1. The molecule has 3 amide bonds. The number of alkyl halides is 2. The van der Waals surface area contributed by atoms with Crippen molar-refractivity contribution in [1.29, 1.82) is 0 Å². The van der Waals surface area contributed by atoms with Gasteiger partial charge in [-0.1, -0.05) is 25.0 Å². The highest BCUT2D eigenvalue weighted by molar-refractivity contribution is 5.92. The molecule has 2 atom stereocenters. The number of ether oxygens (including phenoxy) is 2. The zero-order chi connectivity index (χ0) is 29.8. The smallest absolute Gasteiger partial charge is 0.387 e. The Bertz CT molecular complexity index is 1300. The highest BCUT2D eigenvalue weighted by atomic mass is 19.3. The molecule has 9 nitrogen and oxygen atoms in total. The van der Waals surface area contributed by atoms with Gasteiger partial charge in [0.05, 0.1) is 18.8 Å². The molecule has 1 unspecified atom stereocenters. The highest BCUT2D eigenvalue weighted by Gasteiger charge is 2.39. The van der Waals surface area contributed by atoms with Crippen molar-refractivity contribution < 1.29 is 32.6 Å². The van der Waals surface area contributed by atoms with E-state index in [0.717, 1.165) is 44.1 Å². The van der Waals surface area contributed by atoms with Crippen LogP contribution in [0.25, 0.3) is 0 Å². The largest absolute Gasteiger partial charge is 0.489 e. The van der Waals surface area contributed by atoms with E-state index in [4.69, 9.17) is 4.74 Å². The van der Waals surface area contributed by atoms with Crippen LogP contribution in [0.4, 0.5) is 8.78 Å². The Morgan fingerprint density at radius 1 is 1.10 bits per heavy atom. The molecule has 1 aromatic heterocycles. The Hall–Kier alpha value is -3.76. The fraction of sp³-hybridized carbons (Fsp3) is 0.548. The second-order valence-corrected chi connectivity index (χ2v) is 11.5. The van der Waals surface area contributed by atoms with Crippen molar-refractivity contribution in [3.05, 3.63) is 53.3 Å². The zero-order valence-electron chi connectivity index (χ0n) is 24.1. The second-order valence-electron chi connectivity index (χ2n) is 11.5. The molecule has 0 bridgehead atoms. The summed E-state index contributed by atoms with van der Waals surface area (Å²) in [6, 6.07) is 9.51. The van der Waals surface area contributed by atoms with Gasteiger partial charge in [-0.05, 0) is 67.9 Å². The summed E-state index contributed by atoms with van der Waals surface area (Å²) in [4.78, 5) is 46.5. The molecule has 11 heteroatoms. The number of benzene rings is 1. The third-order valence-electron chi connectivity index (χ3n) is 8.50. The number of nitrogens with one attached hydrogen (secondary N) is 1. The van der Waals surface area contributed by atoms with Gasteiger partial charge in [0.25, 0.3) is 5.91 Å². The number of hydrogen-bond donors (Lipinski definition) is 1. The Kier molecular flexibility index (Phi) is 9.23. The van der Waals surface area contributed by atoms with Gasteiger partial charge in [0.1, 0.15) is 11.7 Å². The Morgan fingerprint density at radius 2 is 1.86 bits per heavy atom. The number of amides is 3. The average Bonchev–Trinajstić information content (AvgIpc) is 3.43. The summed E-state index contributed by atoms with van der Waals surface area (Å²) in [7, 11) is 1.81. The molecule has 0 spiro atoms. The zero-order valence-corrected chi connectivity index (χ0v) is 24.1. The summed E-state index contributed by atoms with van der Waals surface area (Å²) in [6.07, 6.45) is 6.69. The van der Waals surface area contributed by atoms with Crippen molar-refractivity contribution in [2.24, 2.45) is 5.92 Å². The quantitative estimate of drug-likeness (QED) is 0.417. The number of aromatic nitrogens is 1. The van der Waals surface area contributed by atoms with Crippen molar-refractivity contribution in [3.8, 4) is 11.5 Å². The van der Waals surface area contributed by atoms with Gasteiger partial charge >= 0.3 is 6.61 Å². The molecule has 3 fully saturated rings. The molecule has 1 aromatic carbocycles. The first-order chi connectivity index (χ1) is 20.2. The molecule has 1 saturated heterocycles. The molecule has 226 valence electrons. The summed E-state index contributed by atoms with van der Waals surface area (Å²) in [5, 5.41) is 2.88. The lowest BCUT2D eigenvalue weighted by Crippen LogP contribution is -2.45. The van der Waals surface area contributed by atoms with Crippen LogP contribution in [0.15, 0.2) is 36.4 Å². The topological polar surface area (TPSA) is 101 Å². The first-order valence-corrected chi connectivity index (χ1v) is 14.7. The molecule has 1 aliphatic heterocycles. The van der Waals surface area contributed by atoms with Crippen LogP contribution >= 0.6 is 0 Å². The van der Waals surface area contributed by atoms with Gasteiger partial charge in [-0.15, -0.1) is 0 Å². The third kappa shape index (κ3) is 7.17. The monoisotopic (exact) mass is 584 g/mol. The number of rotatable bonds is 11. The first-order valence-electron chi connectivity index (χ1n) is 14.7. The second kappa shape index (κ2) is 13.0. The van der Waals surface area contributed by atoms with Crippen LogP contribution in [0.3, 0.4) is 0 Å². The van der Waals surface area contributed by atoms with E-state index < -0.39 is 12.7 Å². The normalized spacial score (nSPS) is 20.5. The molecule has 2 heterocycles. The molecular formula is C31H38F2N4O5. The van der Waals surface area contributed by atoms with E-state index in [1.54, 1.807) is 35.2 Å². The number of halogens is 2. The number of hydrogen-bond acceptors (Lipinski definition) is 6. The summed E-state index contributed by atoms with van der Waals surface area (Å²) in [5.74, 6) is -0.268. The van der Waals surface area contributed by atoms with Crippen molar-refractivity contribution >= 4 is 17.7 Å². The molecule has 5 rings (SSSR count). The van der Waals surface area contributed by atoms with E-state index >= 15 is 0 Å². The number of carbonyl (C=O) groups excluding carboxylic acids is 3. The highest BCUT2D eigenvalue weighted by Crippen LogP contribution is 2.39. The SMILES string of the molecule is CC(=O)N1CC(c2ccc(OC(F)F)c(OCC3CC3)c2)C[C@@H]1C(=O)NCc1cccc(C(=O)N(C)C2CCCC2)n1. The Balaban J connectivity index is 1.24. The first kappa shape index (κ1) is 29.7. The standard InChI is InChI=1S/C31H38F2N4O5/c1-19(38)37-17-22(21-12-13-27(42-31(32)33)28(15-21)41-18-20-10-11-20)14-26(37)29(39)34-16-23-6-5-9-25(35-23)30(40)36(2)24-7-3-4-8-24/h5-6,9,12-13,15,20,22,24,26,31H,3-4,7-8,10-11,14,16-18H2,1-2H3,(H,34,39)/t22?,26-/m1/s1. The molecular weight excluding hydrogens is 546 g/mol. The predicted octanol–water partition coefficient (Wildman–Crippen LogP) is 4.51. The minimum absolute atomic E-state index is 0.0345. The molecule has 2 aliphatic carbocycles. The van der Waals surface area contributed by atoms with Crippen LogP contribution in [0.5, 0.6) is 11.5 Å². The number of nitrogens with zero attached hydrogens (tertiary/aromatic N) is 3. The van der Waals surface area contributed by atoms with Crippen LogP contribution in [0.1, 0.15) is 79.5 Å². The van der Waals surface area contributed by atoms with Gasteiger partial charge in [0.2, 0.25) is 11.8 Å². The molecule has 0 radical (unpaired) electrons. The van der Waals surface area contributed by atoms with Crippen LogP contribution in [0, 0.1) is 5.92 Å². The van der Waals surface area contributed by atoms with Gasteiger partial charge in [0, 0.05) is 32.5 Å². The lowest BCUT2D eigenvalue weighted by molar-refractivity contribution is -0.136. The van der Waals surface area contributed by atoms with Gasteiger partial charge < -0.3 is 24.6 Å². The average molecular weight is 585 g/mol. The van der Waals surface area contributed by atoms with Crippen LogP contribution in [0.2, 0.25) is 0 Å². The maximum atomic E-state index is 13.3. The van der Waals surface area contributed by atoms with E-state index in [0.29, 0.717) is 36.9 Å². The van der Waals surface area contributed by atoms with Gasteiger partial charge in [-0.25, -0.2) is 4.98 Å². The summed E-state index contributed by atoms with van der Waals surface area (Å²) >= 11 is 0. The van der Waals surface area contributed by atoms with E-state index in [1.807, 2.05) is 7.05 Å². The lowest BCUT2D eigenvalue weighted by Gasteiger charge is -2.24. The molecule has 2 saturated carbocycles. The maximum absolute atomic E-state index is 13.3. The summed E-state index contributed by atoms with van der Waals surface area (Å²) in [6.45, 7) is -0.715. The van der Waals surface area contributed by atoms with E-state index in [2.05, 4.69) is 15.0 Å². The number of carbonyl (C=O) groups is 3. The molecule has 2 aromatic rings. The van der Waals surface area contributed by atoms with Crippen LogP contribution < -0.4 is 14.8 Å². The Labute approximate surface area is 244 Å².